The Morgan fingerprint density at radius 1 is 1.00 bits per heavy atom. The Morgan fingerprint density at radius 3 is 2.34 bits per heavy atom. The SMILES string of the molecule is Cc1nn(-c2ccccc2)c(C)c1/C=N/n1cnc2c(sc(=S)n2-c2ccccc2)c1=O. The third-order valence-corrected chi connectivity index (χ3v) is 6.50. The van der Waals surface area contributed by atoms with Crippen LogP contribution in [0.2, 0.25) is 0 Å². The van der Waals surface area contributed by atoms with Gasteiger partial charge in [-0.2, -0.15) is 14.9 Å². The summed E-state index contributed by atoms with van der Waals surface area (Å²) >= 11 is 6.74. The number of fused-ring (bicyclic) bond motifs is 1. The largest absolute Gasteiger partial charge is 0.293 e. The summed E-state index contributed by atoms with van der Waals surface area (Å²) in [6.07, 6.45) is 3.08. The average Bonchev–Trinajstić information content (AvgIpc) is 3.30. The van der Waals surface area contributed by atoms with Crippen molar-refractivity contribution in [3.8, 4) is 11.4 Å². The van der Waals surface area contributed by atoms with Gasteiger partial charge in [-0.1, -0.05) is 47.7 Å². The molecule has 3 heterocycles. The number of nitrogens with zero attached hydrogens (tertiary/aromatic N) is 6. The fourth-order valence-electron chi connectivity index (χ4n) is 3.56. The summed E-state index contributed by atoms with van der Waals surface area (Å²) in [6.45, 7) is 3.90. The molecule has 2 aromatic carbocycles. The topological polar surface area (TPSA) is 70.0 Å². The van der Waals surface area contributed by atoms with E-state index in [1.807, 2.05) is 83.8 Å². The molecule has 0 bridgehead atoms. The summed E-state index contributed by atoms with van der Waals surface area (Å²) in [5.74, 6) is 0. The van der Waals surface area contributed by atoms with Crippen molar-refractivity contribution in [1.82, 2.24) is 24.0 Å². The zero-order valence-corrected chi connectivity index (χ0v) is 19.0. The molecule has 158 valence electrons. The Morgan fingerprint density at radius 2 is 1.66 bits per heavy atom. The van der Waals surface area contributed by atoms with Gasteiger partial charge < -0.3 is 0 Å². The molecule has 32 heavy (non-hydrogen) atoms. The molecule has 0 spiro atoms. The first-order chi connectivity index (χ1) is 15.5. The van der Waals surface area contributed by atoms with Crippen molar-refractivity contribution < 1.29 is 0 Å². The molecule has 0 aliphatic heterocycles. The first-order valence-corrected chi connectivity index (χ1v) is 11.1. The molecule has 0 fully saturated rings. The van der Waals surface area contributed by atoms with Crippen LogP contribution in [-0.2, 0) is 0 Å². The molecule has 0 amide bonds. The van der Waals surface area contributed by atoms with Crippen molar-refractivity contribution in [2.24, 2.45) is 5.10 Å². The van der Waals surface area contributed by atoms with Gasteiger partial charge in [0.25, 0.3) is 5.56 Å². The van der Waals surface area contributed by atoms with Crippen LogP contribution in [0.1, 0.15) is 17.0 Å². The van der Waals surface area contributed by atoms with Crippen molar-refractivity contribution in [2.45, 2.75) is 13.8 Å². The Hall–Kier alpha value is -3.69. The molecule has 0 aliphatic rings. The summed E-state index contributed by atoms with van der Waals surface area (Å²) < 4.78 is 5.94. The van der Waals surface area contributed by atoms with Gasteiger partial charge in [-0.05, 0) is 50.3 Å². The quantitative estimate of drug-likeness (QED) is 0.290. The van der Waals surface area contributed by atoms with Gasteiger partial charge in [0.1, 0.15) is 11.0 Å². The van der Waals surface area contributed by atoms with Crippen molar-refractivity contribution in [3.63, 3.8) is 0 Å². The standard InChI is InChI=1S/C23H18N6OS2/c1-15-19(16(2)29(26-15)18-11-7-4-8-12-18)13-25-27-14-24-21-20(22(27)30)32-23(31)28(21)17-9-5-3-6-10-17/h3-14H,1-2H3/b25-13+. The normalized spacial score (nSPS) is 11.6. The van der Waals surface area contributed by atoms with Gasteiger partial charge in [0.05, 0.1) is 23.3 Å². The minimum Gasteiger partial charge on any atom is -0.275 e. The van der Waals surface area contributed by atoms with Crippen molar-refractivity contribution >= 4 is 40.1 Å². The second kappa shape index (κ2) is 8.10. The summed E-state index contributed by atoms with van der Waals surface area (Å²) in [5.41, 5.74) is 4.73. The maximum absolute atomic E-state index is 13.1. The van der Waals surface area contributed by atoms with Crippen LogP contribution in [0, 0.1) is 17.8 Å². The lowest BCUT2D eigenvalue weighted by Crippen LogP contribution is -2.16. The molecule has 0 N–H and O–H groups in total. The number of rotatable bonds is 4. The van der Waals surface area contributed by atoms with Gasteiger partial charge in [0.15, 0.2) is 9.60 Å². The molecule has 0 radical (unpaired) electrons. The summed E-state index contributed by atoms with van der Waals surface area (Å²) in [7, 11) is 0. The second-order valence-corrected chi connectivity index (χ2v) is 8.81. The lowest BCUT2D eigenvalue weighted by Gasteiger charge is -2.04. The second-order valence-electron chi connectivity index (χ2n) is 7.16. The van der Waals surface area contributed by atoms with Crippen LogP contribution in [0.3, 0.4) is 0 Å². The lowest BCUT2D eigenvalue weighted by molar-refractivity contribution is 0.813. The van der Waals surface area contributed by atoms with E-state index in [9.17, 15) is 4.79 Å². The number of hydrogen-bond donors (Lipinski definition) is 0. The summed E-state index contributed by atoms with van der Waals surface area (Å²) in [5, 5.41) is 9.01. The van der Waals surface area contributed by atoms with Crippen molar-refractivity contribution in [1.29, 1.82) is 0 Å². The van der Waals surface area contributed by atoms with E-state index in [1.165, 1.54) is 22.3 Å². The fourth-order valence-corrected chi connectivity index (χ4v) is 4.87. The van der Waals surface area contributed by atoms with Gasteiger partial charge >= 0.3 is 0 Å². The number of aromatic nitrogens is 5. The van der Waals surface area contributed by atoms with Crippen LogP contribution in [-0.4, -0.2) is 30.2 Å². The van der Waals surface area contributed by atoms with Gasteiger partial charge in [-0.15, -0.1) is 0 Å². The zero-order valence-electron chi connectivity index (χ0n) is 17.3. The lowest BCUT2D eigenvalue weighted by atomic mass is 10.2. The van der Waals surface area contributed by atoms with Crippen molar-refractivity contribution in [2.75, 3.05) is 0 Å². The molecule has 3 aromatic heterocycles. The molecule has 5 aromatic rings. The minimum atomic E-state index is -0.261. The van der Waals surface area contributed by atoms with E-state index >= 15 is 0 Å². The molecule has 0 saturated heterocycles. The number of thiazole rings is 1. The Balaban J connectivity index is 1.56. The zero-order chi connectivity index (χ0) is 22.2. The molecule has 0 aliphatic carbocycles. The average molecular weight is 459 g/mol. The smallest absolute Gasteiger partial charge is 0.275 e. The molecule has 0 saturated carbocycles. The van der Waals surface area contributed by atoms with Crippen LogP contribution in [0.4, 0.5) is 0 Å². The van der Waals surface area contributed by atoms with Crippen LogP contribution in [0.15, 0.2) is 76.9 Å². The number of hydrogen-bond acceptors (Lipinski definition) is 6. The van der Waals surface area contributed by atoms with E-state index in [0.717, 1.165) is 28.3 Å². The number of benzene rings is 2. The number of para-hydroxylation sites is 2. The third kappa shape index (κ3) is 3.41. The molecule has 7 nitrogen and oxygen atoms in total. The Kier molecular flexibility index (Phi) is 5.12. The van der Waals surface area contributed by atoms with E-state index in [1.54, 1.807) is 6.21 Å². The minimum absolute atomic E-state index is 0.261. The highest BCUT2D eigenvalue weighted by atomic mass is 32.1. The van der Waals surface area contributed by atoms with Gasteiger partial charge in [0.2, 0.25) is 0 Å². The number of aryl methyl sites for hydroxylation is 1. The van der Waals surface area contributed by atoms with Crippen molar-refractivity contribution in [3.05, 3.63) is 98.3 Å². The van der Waals surface area contributed by atoms with Crippen LogP contribution in [0.5, 0.6) is 0 Å². The van der Waals surface area contributed by atoms with Crippen LogP contribution in [0.25, 0.3) is 21.7 Å². The first kappa shape index (κ1) is 20.2. The molecule has 5 rings (SSSR count). The molecule has 0 unspecified atom stereocenters. The Bertz CT molecular complexity index is 1580. The summed E-state index contributed by atoms with van der Waals surface area (Å²) in [4.78, 5) is 17.6. The highest BCUT2D eigenvalue weighted by Crippen LogP contribution is 2.22. The molecule has 9 heteroatoms. The van der Waals surface area contributed by atoms with E-state index in [4.69, 9.17) is 12.2 Å². The molecular formula is C23H18N6OS2. The monoisotopic (exact) mass is 458 g/mol. The van der Waals surface area contributed by atoms with Gasteiger partial charge in [-0.3, -0.25) is 9.36 Å². The van der Waals surface area contributed by atoms with E-state index in [0.29, 0.717) is 14.3 Å². The maximum Gasteiger partial charge on any atom is 0.293 e. The highest BCUT2D eigenvalue weighted by Gasteiger charge is 2.14. The summed E-state index contributed by atoms with van der Waals surface area (Å²) in [6, 6.07) is 19.5. The molecule has 0 atom stereocenters. The van der Waals surface area contributed by atoms with Crippen LogP contribution >= 0.6 is 23.6 Å². The van der Waals surface area contributed by atoms with Crippen LogP contribution < -0.4 is 5.56 Å². The van der Waals surface area contributed by atoms with Gasteiger partial charge in [-0.25, -0.2) is 9.67 Å². The highest BCUT2D eigenvalue weighted by molar-refractivity contribution is 7.73. The van der Waals surface area contributed by atoms with Gasteiger partial charge in [0, 0.05) is 11.3 Å². The van der Waals surface area contributed by atoms with E-state index < -0.39 is 0 Å². The first-order valence-electron chi connectivity index (χ1n) is 9.89. The van der Waals surface area contributed by atoms with E-state index in [2.05, 4.69) is 15.2 Å². The fraction of sp³-hybridized carbons (Fsp3) is 0.0870. The van der Waals surface area contributed by atoms with E-state index in [-0.39, 0.29) is 5.56 Å². The molecular weight excluding hydrogens is 440 g/mol. The third-order valence-electron chi connectivity index (χ3n) is 5.15. The predicted molar refractivity (Wildman–Crippen MR) is 130 cm³/mol. The maximum atomic E-state index is 13.1. The predicted octanol–water partition coefficient (Wildman–Crippen LogP) is 4.66. The Labute approximate surface area is 192 Å².